The highest BCUT2D eigenvalue weighted by Crippen LogP contribution is 2.32. The van der Waals surface area contributed by atoms with E-state index in [9.17, 15) is 4.39 Å². The Morgan fingerprint density at radius 1 is 0.941 bits per heavy atom. The molecular weight excluding hydrogens is 478 g/mol. The van der Waals surface area contributed by atoms with Crippen LogP contribution in [0.4, 0.5) is 15.8 Å². The number of nitrogens with zero attached hydrogens (tertiary/aromatic N) is 1. The number of ether oxygens (including phenoxy) is 3. The molecular formula is C26H27Cl2FN2O3. The molecule has 1 fully saturated rings. The number of anilines is 2. The van der Waals surface area contributed by atoms with Crippen LogP contribution < -0.4 is 19.7 Å². The van der Waals surface area contributed by atoms with Crippen molar-refractivity contribution in [3.05, 3.63) is 81.6 Å². The number of morpholine rings is 1. The van der Waals surface area contributed by atoms with Crippen molar-refractivity contribution in [3.8, 4) is 11.5 Å². The Morgan fingerprint density at radius 2 is 1.76 bits per heavy atom. The van der Waals surface area contributed by atoms with E-state index in [1.807, 2.05) is 43.3 Å². The van der Waals surface area contributed by atoms with Gasteiger partial charge in [0.2, 0.25) is 0 Å². The second-order valence-corrected chi connectivity index (χ2v) is 8.67. The van der Waals surface area contributed by atoms with Gasteiger partial charge in [0.05, 0.1) is 35.6 Å². The summed E-state index contributed by atoms with van der Waals surface area (Å²) in [4.78, 5) is 2.24. The lowest BCUT2D eigenvalue weighted by atomic mass is 10.2. The van der Waals surface area contributed by atoms with Gasteiger partial charge in [0, 0.05) is 30.9 Å². The van der Waals surface area contributed by atoms with Gasteiger partial charge in [-0.3, -0.25) is 0 Å². The molecule has 0 unspecified atom stereocenters. The van der Waals surface area contributed by atoms with Crippen LogP contribution in [-0.2, 0) is 17.9 Å². The van der Waals surface area contributed by atoms with Crippen LogP contribution in [0.2, 0.25) is 10.0 Å². The summed E-state index contributed by atoms with van der Waals surface area (Å²) in [7, 11) is 0. The van der Waals surface area contributed by atoms with Gasteiger partial charge >= 0.3 is 0 Å². The van der Waals surface area contributed by atoms with E-state index in [1.54, 1.807) is 6.07 Å². The first-order chi connectivity index (χ1) is 16.5. The van der Waals surface area contributed by atoms with Gasteiger partial charge in [-0.05, 0) is 55.0 Å². The Morgan fingerprint density at radius 3 is 2.50 bits per heavy atom. The molecule has 1 aliphatic rings. The van der Waals surface area contributed by atoms with Gasteiger partial charge in [-0.1, -0.05) is 35.3 Å². The highest BCUT2D eigenvalue weighted by Gasteiger charge is 2.14. The zero-order valence-corrected chi connectivity index (χ0v) is 20.5. The normalized spacial score (nSPS) is 13.6. The molecule has 3 aromatic carbocycles. The average Bonchev–Trinajstić information content (AvgIpc) is 2.84. The van der Waals surface area contributed by atoms with E-state index < -0.39 is 0 Å². The molecule has 5 nitrogen and oxygen atoms in total. The van der Waals surface area contributed by atoms with Gasteiger partial charge in [0.15, 0.2) is 11.5 Å². The summed E-state index contributed by atoms with van der Waals surface area (Å²) in [5, 5.41) is 4.46. The highest BCUT2D eigenvalue weighted by atomic mass is 35.5. The summed E-state index contributed by atoms with van der Waals surface area (Å²) in [6, 6.07) is 16.1. The molecule has 0 bridgehead atoms. The smallest absolute Gasteiger partial charge is 0.161 e. The van der Waals surface area contributed by atoms with Crippen molar-refractivity contribution >= 4 is 34.6 Å². The van der Waals surface area contributed by atoms with Gasteiger partial charge in [0.25, 0.3) is 0 Å². The zero-order valence-electron chi connectivity index (χ0n) is 19.0. The van der Waals surface area contributed by atoms with Crippen molar-refractivity contribution in [2.24, 2.45) is 0 Å². The third-order valence-electron chi connectivity index (χ3n) is 5.50. The molecule has 180 valence electrons. The van der Waals surface area contributed by atoms with Gasteiger partial charge in [0.1, 0.15) is 12.4 Å². The standard InChI is InChI=1S/C26H27Cl2FN2O3/c1-2-33-26-13-18(3-8-25(26)34-17-19-4-5-20(29)14-22(19)27)16-30-21-6-7-24(23(28)15-21)31-9-11-32-12-10-31/h3-8,13-15,30H,2,9-12,16-17H2,1H3. The number of hydrogen-bond acceptors (Lipinski definition) is 5. The number of benzene rings is 3. The predicted molar refractivity (Wildman–Crippen MR) is 135 cm³/mol. The lowest BCUT2D eigenvalue weighted by Crippen LogP contribution is -2.36. The maximum Gasteiger partial charge on any atom is 0.161 e. The summed E-state index contributed by atoms with van der Waals surface area (Å²) in [5.41, 5.74) is 3.70. The minimum absolute atomic E-state index is 0.213. The number of hydrogen-bond donors (Lipinski definition) is 1. The molecule has 8 heteroatoms. The second kappa shape index (κ2) is 11.6. The zero-order chi connectivity index (χ0) is 23.9. The third-order valence-corrected chi connectivity index (χ3v) is 6.16. The maximum atomic E-state index is 13.3. The Labute approximate surface area is 209 Å². The molecule has 1 N–H and O–H groups in total. The third kappa shape index (κ3) is 6.26. The molecule has 34 heavy (non-hydrogen) atoms. The van der Waals surface area contributed by atoms with E-state index in [1.165, 1.54) is 12.1 Å². The summed E-state index contributed by atoms with van der Waals surface area (Å²) < 4.78 is 30.4. The van der Waals surface area contributed by atoms with Crippen LogP contribution in [0.5, 0.6) is 11.5 Å². The fourth-order valence-corrected chi connectivity index (χ4v) is 4.25. The maximum absolute atomic E-state index is 13.3. The van der Waals surface area contributed by atoms with Gasteiger partial charge in [-0.15, -0.1) is 0 Å². The molecule has 1 saturated heterocycles. The molecule has 0 saturated carbocycles. The van der Waals surface area contributed by atoms with E-state index in [-0.39, 0.29) is 12.4 Å². The minimum atomic E-state index is -0.377. The van der Waals surface area contributed by atoms with E-state index >= 15 is 0 Å². The first-order valence-electron chi connectivity index (χ1n) is 11.2. The van der Waals surface area contributed by atoms with Gasteiger partial charge < -0.3 is 24.4 Å². The molecule has 1 heterocycles. The Kier molecular flexibility index (Phi) is 8.38. The summed E-state index contributed by atoms with van der Waals surface area (Å²) in [5.74, 6) is 0.863. The molecule has 1 aliphatic heterocycles. The molecule has 0 aliphatic carbocycles. The quantitative estimate of drug-likeness (QED) is 0.357. The first-order valence-corrected chi connectivity index (χ1v) is 12.0. The topological polar surface area (TPSA) is 43.0 Å². The van der Waals surface area contributed by atoms with Crippen LogP contribution in [0, 0.1) is 5.82 Å². The number of rotatable bonds is 9. The molecule has 3 aromatic rings. The van der Waals surface area contributed by atoms with E-state index in [2.05, 4.69) is 10.2 Å². The van der Waals surface area contributed by atoms with Crippen LogP contribution >= 0.6 is 23.2 Å². The fourth-order valence-electron chi connectivity index (χ4n) is 3.73. The average molecular weight is 505 g/mol. The van der Waals surface area contributed by atoms with E-state index in [0.29, 0.717) is 40.3 Å². The lowest BCUT2D eigenvalue weighted by Gasteiger charge is -2.29. The first kappa shape index (κ1) is 24.5. The predicted octanol–water partition coefficient (Wildman–Crippen LogP) is 6.56. The van der Waals surface area contributed by atoms with Crippen molar-refractivity contribution in [2.45, 2.75) is 20.1 Å². The van der Waals surface area contributed by atoms with Crippen molar-refractivity contribution in [1.82, 2.24) is 0 Å². The summed E-state index contributed by atoms with van der Waals surface area (Å²) in [6.07, 6.45) is 0. The van der Waals surface area contributed by atoms with Crippen LogP contribution in [-0.4, -0.2) is 32.9 Å². The Hall–Kier alpha value is -2.67. The van der Waals surface area contributed by atoms with Crippen molar-refractivity contribution < 1.29 is 18.6 Å². The van der Waals surface area contributed by atoms with Crippen LogP contribution in [0.3, 0.4) is 0 Å². The summed E-state index contributed by atoms with van der Waals surface area (Å²) >= 11 is 12.7. The molecule has 0 aromatic heterocycles. The van der Waals surface area contributed by atoms with Crippen molar-refractivity contribution in [3.63, 3.8) is 0 Å². The van der Waals surface area contributed by atoms with Crippen molar-refractivity contribution in [1.29, 1.82) is 0 Å². The largest absolute Gasteiger partial charge is 0.490 e. The van der Waals surface area contributed by atoms with E-state index in [0.717, 1.165) is 43.2 Å². The monoisotopic (exact) mass is 504 g/mol. The molecule has 0 radical (unpaired) electrons. The lowest BCUT2D eigenvalue weighted by molar-refractivity contribution is 0.122. The van der Waals surface area contributed by atoms with Crippen molar-refractivity contribution in [2.75, 3.05) is 43.1 Å². The van der Waals surface area contributed by atoms with Crippen LogP contribution in [0.15, 0.2) is 54.6 Å². The highest BCUT2D eigenvalue weighted by molar-refractivity contribution is 6.33. The Bertz CT molecular complexity index is 1120. The summed E-state index contributed by atoms with van der Waals surface area (Å²) in [6.45, 7) is 6.35. The van der Waals surface area contributed by atoms with Gasteiger partial charge in [-0.25, -0.2) is 4.39 Å². The molecule has 4 rings (SSSR count). The Balaban J connectivity index is 1.40. The molecule has 0 atom stereocenters. The second-order valence-electron chi connectivity index (χ2n) is 7.86. The fraction of sp³-hybridized carbons (Fsp3) is 0.308. The van der Waals surface area contributed by atoms with Gasteiger partial charge in [-0.2, -0.15) is 0 Å². The van der Waals surface area contributed by atoms with E-state index in [4.69, 9.17) is 37.4 Å². The van der Waals surface area contributed by atoms with Crippen LogP contribution in [0.1, 0.15) is 18.1 Å². The minimum Gasteiger partial charge on any atom is -0.490 e. The molecule has 0 amide bonds. The molecule has 0 spiro atoms. The SMILES string of the molecule is CCOc1cc(CNc2ccc(N3CCOCC3)c(Cl)c2)ccc1OCc1ccc(F)cc1Cl. The van der Waals surface area contributed by atoms with Crippen LogP contribution in [0.25, 0.3) is 0 Å². The number of halogens is 3. The number of nitrogens with one attached hydrogen (secondary N) is 1.